The monoisotopic (exact) mass is 372 g/mol. The van der Waals surface area contributed by atoms with E-state index >= 15 is 0 Å². The maximum Gasteiger partial charge on any atom is 0.436 e. The molecule has 0 radical (unpaired) electrons. The highest BCUT2D eigenvalue weighted by Gasteiger charge is 2.34. The average Bonchev–Trinajstić information content (AvgIpc) is 3.05. The fourth-order valence-electron chi connectivity index (χ4n) is 2.17. The van der Waals surface area contributed by atoms with Crippen LogP contribution in [0.25, 0.3) is 16.8 Å². The lowest BCUT2D eigenvalue weighted by atomic mass is 10.0. The second kappa shape index (κ2) is 6.32. The number of nitrogens with zero attached hydrogens (tertiary/aromatic N) is 4. The van der Waals surface area contributed by atoms with Crippen molar-refractivity contribution in [1.82, 2.24) is 20.0 Å². The highest BCUT2D eigenvalue weighted by molar-refractivity contribution is 6.31. The molecule has 0 fully saturated rings. The summed E-state index contributed by atoms with van der Waals surface area (Å²) in [6, 6.07) is 5.58. The Morgan fingerprint density at radius 2 is 1.92 bits per heavy atom. The predicted octanol–water partition coefficient (Wildman–Crippen LogP) is 4.15. The van der Waals surface area contributed by atoms with Crippen molar-refractivity contribution in [1.29, 1.82) is 0 Å². The highest BCUT2D eigenvalue weighted by atomic mass is 35.5. The third-order valence-electron chi connectivity index (χ3n) is 3.32. The molecule has 0 aliphatic carbocycles. The first-order valence-corrected chi connectivity index (χ1v) is 7.17. The lowest BCUT2D eigenvalue weighted by Crippen LogP contribution is -2.05. The Bertz CT molecular complexity index is 926. The topological polar surface area (TPSA) is 52.8 Å². The van der Waals surface area contributed by atoms with Crippen LogP contribution in [-0.4, -0.2) is 27.1 Å². The molecule has 0 N–H and O–H groups in total. The number of rotatable bonds is 3. The fraction of sp³-hybridized carbons (Fsp3) is 0.133. The van der Waals surface area contributed by atoms with Crippen molar-refractivity contribution in [2.75, 3.05) is 7.11 Å². The normalized spacial score (nSPS) is 11.6. The van der Waals surface area contributed by atoms with Crippen LogP contribution in [0.5, 0.6) is 5.88 Å². The smallest absolute Gasteiger partial charge is 0.436 e. The zero-order valence-electron chi connectivity index (χ0n) is 12.6. The molecule has 10 heteroatoms. The Morgan fingerprint density at radius 3 is 2.56 bits per heavy atom. The van der Waals surface area contributed by atoms with Gasteiger partial charge in [-0.05, 0) is 18.2 Å². The Labute approximate surface area is 143 Å². The molecular weight excluding hydrogens is 364 g/mol. The Kier molecular flexibility index (Phi) is 4.34. The molecule has 0 saturated carbocycles. The van der Waals surface area contributed by atoms with E-state index in [1.165, 1.54) is 31.4 Å². The average molecular weight is 373 g/mol. The molecular formula is C15H9ClF4N4O. The number of hydrogen-bond acceptors (Lipinski definition) is 4. The van der Waals surface area contributed by atoms with Crippen LogP contribution in [0.1, 0.15) is 5.69 Å². The van der Waals surface area contributed by atoms with E-state index in [-0.39, 0.29) is 27.7 Å². The van der Waals surface area contributed by atoms with E-state index < -0.39 is 17.7 Å². The summed E-state index contributed by atoms with van der Waals surface area (Å²) in [5.41, 5.74) is -0.738. The first kappa shape index (κ1) is 17.2. The van der Waals surface area contributed by atoms with Gasteiger partial charge in [-0.25, -0.2) is 14.1 Å². The van der Waals surface area contributed by atoms with E-state index in [1.54, 1.807) is 0 Å². The molecule has 0 unspecified atom stereocenters. The molecule has 0 aliphatic heterocycles. The van der Waals surface area contributed by atoms with Gasteiger partial charge in [0, 0.05) is 22.2 Å². The van der Waals surface area contributed by atoms with Crippen molar-refractivity contribution >= 4 is 11.6 Å². The van der Waals surface area contributed by atoms with Gasteiger partial charge in [-0.15, -0.1) is 5.10 Å². The van der Waals surface area contributed by atoms with Crippen LogP contribution in [-0.2, 0) is 6.18 Å². The summed E-state index contributed by atoms with van der Waals surface area (Å²) in [6.07, 6.45) is -2.99. The van der Waals surface area contributed by atoms with E-state index in [2.05, 4.69) is 15.3 Å². The van der Waals surface area contributed by atoms with Crippen LogP contribution in [0.4, 0.5) is 17.6 Å². The van der Waals surface area contributed by atoms with E-state index in [9.17, 15) is 17.6 Å². The molecule has 0 saturated heterocycles. The number of ether oxygens (including phenoxy) is 1. The second-order valence-corrected chi connectivity index (χ2v) is 5.35. The van der Waals surface area contributed by atoms with Crippen molar-refractivity contribution in [2.45, 2.75) is 6.18 Å². The van der Waals surface area contributed by atoms with Crippen LogP contribution < -0.4 is 4.74 Å². The molecule has 0 bridgehead atoms. The van der Waals surface area contributed by atoms with Gasteiger partial charge in [-0.2, -0.15) is 13.2 Å². The van der Waals surface area contributed by atoms with Crippen LogP contribution in [0, 0.1) is 5.82 Å². The number of pyridine rings is 1. The Morgan fingerprint density at radius 1 is 1.16 bits per heavy atom. The standard InChI is InChI=1S/C15H9ClF4N4O/c1-25-14-5-9(11(17)6-21-14)10-4-8(16)2-3-12(10)24-7-13(22-23-24)15(18,19)20/h2-7H,1H3. The first-order valence-electron chi connectivity index (χ1n) is 6.79. The SMILES string of the molecule is COc1cc(-c2cc(Cl)ccc2-n2cc(C(F)(F)F)nn2)c(F)cn1. The van der Waals surface area contributed by atoms with E-state index in [1.807, 2.05) is 0 Å². The van der Waals surface area contributed by atoms with Gasteiger partial charge >= 0.3 is 6.18 Å². The summed E-state index contributed by atoms with van der Waals surface area (Å²) in [5.74, 6) is -0.558. The van der Waals surface area contributed by atoms with E-state index in [4.69, 9.17) is 16.3 Å². The molecule has 3 aromatic rings. The van der Waals surface area contributed by atoms with Gasteiger partial charge < -0.3 is 4.74 Å². The third kappa shape index (κ3) is 3.41. The maximum absolute atomic E-state index is 14.2. The first-order chi connectivity index (χ1) is 11.8. The van der Waals surface area contributed by atoms with Gasteiger partial charge in [-0.1, -0.05) is 16.8 Å². The molecule has 0 amide bonds. The summed E-state index contributed by atoms with van der Waals surface area (Å²) in [7, 11) is 1.36. The quantitative estimate of drug-likeness (QED) is 0.648. The fourth-order valence-corrected chi connectivity index (χ4v) is 2.34. The minimum absolute atomic E-state index is 0.0495. The van der Waals surface area contributed by atoms with Gasteiger partial charge in [0.05, 0.1) is 25.2 Å². The molecule has 25 heavy (non-hydrogen) atoms. The largest absolute Gasteiger partial charge is 0.481 e. The maximum atomic E-state index is 14.2. The molecule has 0 spiro atoms. The van der Waals surface area contributed by atoms with E-state index in [0.29, 0.717) is 6.20 Å². The summed E-state index contributed by atoms with van der Waals surface area (Å²) in [6.45, 7) is 0. The Balaban J connectivity index is 2.19. The third-order valence-corrected chi connectivity index (χ3v) is 3.55. The molecule has 0 aliphatic rings. The van der Waals surface area contributed by atoms with Gasteiger partial charge in [0.1, 0.15) is 5.82 Å². The minimum atomic E-state index is -4.64. The van der Waals surface area contributed by atoms with Gasteiger partial charge in [0.15, 0.2) is 5.69 Å². The van der Waals surface area contributed by atoms with Gasteiger partial charge in [0.2, 0.25) is 5.88 Å². The van der Waals surface area contributed by atoms with Crippen molar-refractivity contribution in [3.05, 3.63) is 53.2 Å². The molecule has 0 atom stereocenters. The molecule has 130 valence electrons. The zero-order valence-corrected chi connectivity index (χ0v) is 13.3. The lowest BCUT2D eigenvalue weighted by molar-refractivity contribution is -0.141. The molecule has 2 aromatic heterocycles. The minimum Gasteiger partial charge on any atom is -0.481 e. The van der Waals surface area contributed by atoms with Crippen LogP contribution in [0.3, 0.4) is 0 Å². The molecule has 1 aromatic carbocycles. The predicted molar refractivity (Wildman–Crippen MR) is 81.1 cm³/mol. The van der Waals surface area contributed by atoms with Crippen LogP contribution >= 0.6 is 11.6 Å². The van der Waals surface area contributed by atoms with Crippen LogP contribution in [0.2, 0.25) is 5.02 Å². The number of halogens is 5. The molecule has 3 rings (SSSR count). The summed E-state index contributed by atoms with van der Waals surface area (Å²) < 4.78 is 58.3. The highest BCUT2D eigenvalue weighted by Crippen LogP contribution is 2.34. The number of aromatic nitrogens is 4. The summed E-state index contributed by atoms with van der Waals surface area (Å²) >= 11 is 5.96. The molecule has 5 nitrogen and oxygen atoms in total. The number of methoxy groups -OCH3 is 1. The summed E-state index contributed by atoms with van der Waals surface area (Å²) in [4.78, 5) is 3.73. The second-order valence-electron chi connectivity index (χ2n) is 4.91. The number of hydrogen-bond donors (Lipinski definition) is 0. The summed E-state index contributed by atoms with van der Waals surface area (Å²) in [5, 5.41) is 6.85. The van der Waals surface area contributed by atoms with Crippen molar-refractivity contribution in [3.8, 4) is 22.7 Å². The molecule has 2 heterocycles. The number of benzene rings is 1. The zero-order chi connectivity index (χ0) is 18.2. The van der Waals surface area contributed by atoms with Crippen molar-refractivity contribution in [3.63, 3.8) is 0 Å². The van der Waals surface area contributed by atoms with Crippen molar-refractivity contribution < 1.29 is 22.3 Å². The lowest BCUT2D eigenvalue weighted by Gasteiger charge is -2.11. The van der Waals surface area contributed by atoms with Gasteiger partial charge in [-0.3, -0.25) is 0 Å². The number of alkyl halides is 3. The van der Waals surface area contributed by atoms with Crippen molar-refractivity contribution in [2.24, 2.45) is 0 Å². The van der Waals surface area contributed by atoms with E-state index in [0.717, 1.165) is 10.9 Å². The van der Waals surface area contributed by atoms with Crippen LogP contribution in [0.15, 0.2) is 36.7 Å². The van der Waals surface area contributed by atoms with Gasteiger partial charge in [0.25, 0.3) is 0 Å². The Hall–Kier alpha value is -2.68.